The molecular weight excluding hydrogens is 266 g/mol. The van der Waals surface area contributed by atoms with E-state index in [1.807, 2.05) is 18.2 Å². The molecule has 21 heavy (non-hydrogen) atoms. The van der Waals surface area contributed by atoms with Gasteiger partial charge in [-0.05, 0) is 0 Å². The van der Waals surface area contributed by atoms with Crippen LogP contribution in [0.25, 0.3) is 11.4 Å². The Bertz CT molecular complexity index is 635. The molecule has 110 valence electrons. The van der Waals surface area contributed by atoms with Gasteiger partial charge in [0.25, 0.3) is 0 Å². The highest BCUT2D eigenvalue weighted by atomic mass is 16.2. The van der Waals surface area contributed by atoms with Crippen molar-refractivity contribution in [2.75, 3.05) is 13.1 Å². The van der Waals surface area contributed by atoms with Crippen molar-refractivity contribution in [3.8, 4) is 11.4 Å². The molecule has 0 bridgehead atoms. The Morgan fingerprint density at radius 1 is 1.38 bits per heavy atom. The first-order chi connectivity index (χ1) is 10.3. The first-order valence-corrected chi connectivity index (χ1v) is 7.13. The largest absolute Gasteiger partial charge is 0.352 e. The molecule has 2 aromatic rings. The number of rotatable bonds is 4. The minimum absolute atomic E-state index is 0.494. The van der Waals surface area contributed by atoms with E-state index in [0.717, 1.165) is 36.6 Å². The summed E-state index contributed by atoms with van der Waals surface area (Å²) < 4.78 is 2.20. The van der Waals surface area contributed by atoms with Crippen molar-refractivity contribution in [3.63, 3.8) is 0 Å². The van der Waals surface area contributed by atoms with E-state index in [1.165, 1.54) is 5.69 Å². The quantitative estimate of drug-likeness (QED) is 0.779. The number of nitrogens with two attached hydrogens (primary N) is 1. The summed E-state index contributed by atoms with van der Waals surface area (Å²) >= 11 is 0. The highest BCUT2D eigenvalue weighted by molar-refractivity contribution is 5.71. The van der Waals surface area contributed by atoms with Gasteiger partial charge >= 0.3 is 6.03 Å². The molecule has 1 aromatic heterocycles. The van der Waals surface area contributed by atoms with E-state index in [1.54, 1.807) is 0 Å². The normalized spacial score (nSPS) is 13.7. The molecule has 6 nitrogen and oxygen atoms in total. The average Bonchev–Trinajstić information content (AvgIpc) is 2.87. The average molecular weight is 285 g/mol. The highest BCUT2D eigenvalue weighted by Gasteiger charge is 2.20. The number of aromatic nitrogens is 2. The first-order valence-electron chi connectivity index (χ1n) is 7.13. The molecule has 0 fully saturated rings. The molecule has 0 spiro atoms. The number of fused-ring (bicyclic) bond motifs is 1. The number of hydrogen-bond donors (Lipinski definition) is 3. The topological polar surface area (TPSA) is 85.0 Å². The highest BCUT2D eigenvalue weighted by Crippen LogP contribution is 2.24. The van der Waals surface area contributed by atoms with Crippen molar-refractivity contribution in [3.05, 3.63) is 41.7 Å². The number of benzene rings is 1. The van der Waals surface area contributed by atoms with Gasteiger partial charge in [0.1, 0.15) is 5.82 Å². The van der Waals surface area contributed by atoms with Gasteiger partial charge in [0.05, 0.1) is 5.69 Å². The molecule has 1 aliphatic rings. The summed E-state index contributed by atoms with van der Waals surface area (Å²) in [6.07, 6.45) is 0.950. The fourth-order valence-corrected chi connectivity index (χ4v) is 2.71. The van der Waals surface area contributed by atoms with Crippen molar-refractivity contribution in [1.29, 1.82) is 0 Å². The molecule has 0 saturated heterocycles. The maximum atomic E-state index is 10.8. The van der Waals surface area contributed by atoms with Crippen LogP contribution < -0.4 is 16.4 Å². The van der Waals surface area contributed by atoms with Crippen LogP contribution in [0.4, 0.5) is 4.79 Å². The van der Waals surface area contributed by atoms with Crippen LogP contribution in [-0.4, -0.2) is 28.7 Å². The number of nitrogens with one attached hydrogen (secondary N) is 2. The van der Waals surface area contributed by atoms with Crippen LogP contribution in [0.5, 0.6) is 0 Å². The molecule has 0 aliphatic carbocycles. The monoisotopic (exact) mass is 285 g/mol. The van der Waals surface area contributed by atoms with E-state index in [0.29, 0.717) is 13.1 Å². The number of urea groups is 1. The van der Waals surface area contributed by atoms with Gasteiger partial charge in [-0.2, -0.15) is 0 Å². The summed E-state index contributed by atoms with van der Waals surface area (Å²) in [4.78, 5) is 15.6. The number of hydrogen-bond acceptors (Lipinski definition) is 3. The van der Waals surface area contributed by atoms with E-state index in [4.69, 9.17) is 10.7 Å². The SMILES string of the molecule is NC(=O)NCCn1c(-c2ccccc2)nc2c1CCNC2. The molecule has 0 saturated carbocycles. The predicted octanol–water partition coefficient (Wildman–Crippen LogP) is 0.864. The zero-order chi connectivity index (χ0) is 14.7. The second-order valence-corrected chi connectivity index (χ2v) is 5.06. The van der Waals surface area contributed by atoms with E-state index < -0.39 is 6.03 Å². The fourth-order valence-electron chi connectivity index (χ4n) is 2.71. The summed E-state index contributed by atoms with van der Waals surface area (Å²) in [5.41, 5.74) is 8.57. The van der Waals surface area contributed by atoms with E-state index in [9.17, 15) is 4.79 Å². The van der Waals surface area contributed by atoms with Gasteiger partial charge in [0.15, 0.2) is 0 Å². The van der Waals surface area contributed by atoms with Gasteiger partial charge < -0.3 is 20.9 Å². The zero-order valence-corrected chi connectivity index (χ0v) is 11.8. The smallest absolute Gasteiger partial charge is 0.312 e. The summed E-state index contributed by atoms with van der Waals surface area (Å²) in [6, 6.07) is 9.62. The van der Waals surface area contributed by atoms with Crippen molar-refractivity contribution in [1.82, 2.24) is 20.2 Å². The number of carbonyl (C=O) groups excluding carboxylic acids is 1. The van der Waals surface area contributed by atoms with E-state index in [-0.39, 0.29) is 0 Å². The Kier molecular flexibility index (Phi) is 3.87. The zero-order valence-electron chi connectivity index (χ0n) is 11.8. The van der Waals surface area contributed by atoms with Crippen LogP contribution in [-0.2, 0) is 19.5 Å². The number of amides is 2. The molecule has 1 aromatic carbocycles. The maximum absolute atomic E-state index is 10.8. The fraction of sp³-hybridized carbons (Fsp3) is 0.333. The van der Waals surface area contributed by atoms with Gasteiger partial charge in [-0.15, -0.1) is 0 Å². The third kappa shape index (κ3) is 2.90. The third-order valence-corrected chi connectivity index (χ3v) is 3.65. The van der Waals surface area contributed by atoms with Gasteiger partial charge in [0.2, 0.25) is 0 Å². The van der Waals surface area contributed by atoms with Crippen LogP contribution >= 0.6 is 0 Å². The molecule has 6 heteroatoms. The molecule has 1 aliphatic heterocycles. The minimum atomic E-state index is -0.494. The summed E-state index contributed by atoms with van der Waals surface area (Å²) in [6.45, 7) is 2.93. The lowest BCUT2D eigenvalue weighted by Gasteiger charge is -2.16. The molecule has 2 heterocycles. The van der Waals surface area contributed by atoms with Crippen molar-refractivity contribution in [2.24, 2.45) is 5.73 Å². The third-order valence-electron chi connectivity index (χ3n) is 3.65. The molecule has 0 atom stereocenters. The van der Waals surface area contributed by atoms with Crippen LogP contribution in [0.1, 0.15) is 11.4 Å². The molecule has 2 amide bonds. The number of carbonyl (C=O) groups is 1. The Morgan fingerprint density at radius 2 is 2.19 bits per heavy atom. The predicted molar refractivity (Wildman–Crippen MR) is 80.7 cm³/mol. The molecule has 0 unspecified atom stereocenters. The van der Waals surface area contributed by atoms with E-state index >= 15 is 0 Å². The minimum Gasteiger partial charge on any atom is -0.352 e. The lowest BCUT2D eigenvalue weighted by atomic mass is 10.2. The Labute approximate surface area is 123 Å². The maximum Gasteiger partial charge on any atom is 0.312 e. The van der Waals surface area contributed by atoms with Gasteiger partial charge in [-0.3, -0.25) is 0 Å². The van der Waals surface area contributed by atoms with Crippen LogP contribution in [0.15, 0.2) is 30.3 Å². The number of nitrogens with zero attached hydrogens (tertiary/aromatic N) is 2. The van der Waals surface area contributed by atoms with Crippen LogP contribution in [0, 0.1) is 0 Å². The second kappa shape index (κ2) is 5.97. The van der Waals surface area contributed by atoms with E-state index in [2.05, 4.69) is 27.3 Å². The van der Waals surface area contributed by atoms with Crippen LogP contribution in [0.2, 0.25) is 0 Å². The molecule has 4 N–H and O–H groups in total. The Morgan fingerprint density at radius 3 is 2.95 bits per heavy atom. The lowest BCUT2D eigenvalue weighted by molar-refractivity contribution is 0.248. The Hall–Kier alpha value is -2.34. The molecular formula is C15H19N5O. The van der Waals surface area contributed by atoms with Gasteiger partial charge in [0, 0.05) is 43.9 Å². The number of imidazole rings is 1. The second-order valence-electron chi connectivity index (χ2n) is 5.06. The first kappa shape index (κ1) is 13.6. The van der Waals surface area contributed by atoms with Gasteiger partial charge in [-0.25, -0.2) is 9.78 Å². The summed E-state index contributed by atoms with van der Waals surface area (Å²) in [5, 5.41) is 5.99. The standard InChI is InChI=1S/C15H19N5O/c16-15(21)18-8-9-20-13-6-7-17-10-12(13)19-14(20)11-4-2-1-3-5-11/h1-5,17H,6-10H2,(H3,16,18,21). The molecule has 3 rings (SSSR count). The molecule has 0 radical (unpaired) electrons. The summed E-state index contributed by atoms with van der Waals surface area (Å²) in [5.74, 6) is 0.954. The number of primary amides is 1. The lowest BCUT2D eigenvalue weighted by Crippen LogP contribution is -2.33. The summed E-state index contributed by atoms with van der Waals surface area (Å²) in [7, 11) is 0. The Balaban J connectivity index is 1.94. The van der Waals surface area contributed by atoms with Crippen molar-refractivity contribution < 1.29 is 4.79 Å². The van der Waals surface area contributed by atoms with Crippen molar-refractivity contribution >= 4 is 6.03 Å². The van der Waals surface area contributed by atoms with Crippen LogP contribution in [0.3, 0.4) is 0 Å². The van der Waals surface area contributed by atoms with Crippen molar-refractivity contribution in [2.45, 2.75) is 19.5 Å². The van der Waals surface area contributed by atoms with Gasteiger partial charge in [-0.1, -0.05) is 30.3 Å².